The second kappa shape index (κ2) is 5.38. The van der Waals surface area contributed by atoms with Crippen molar-refractivity contribution in [2.24, 2.45) is 0 Å². The van der Waals surface area contributed by atoms with Gasteiger partial charge in [-0.25, -0.2) is 4.98 Å². The van der Waals surface area contributed by atoms with Crippen LogP contribution >= 0.6 is 11.3 Å². The lowest BCUT2D eigenvalue weighted by Gasteiger charge is -1.98. The van der Waals surface area contributed by atoms with Gasteiger partial charge < -0.3 is 0 Å². The number of carbonyl (C=O) groups is 1. The predicted molar refractivity (Wildman–Crippen MR) is 79.6 cm³/mol. The molecule has 2 aromatic heterocycles. The first-order valence-corrected chi connectivity index (χ1v) is 7.13. The Kier molecular flexibility index (Phi) is 3.43. The smallest absolute Gasteiger partial charge is 0.292 e. The Morgan fingerprint density at radius 3 is 2.95 bits per heavy atom. The molecular formula is C15H14N3OS+. The first-order valence-electron chi connectivity index (χ1n) is 6.32. The van der Waals surface area contributed by atoms with Gasteiger partial charge in [0.05, 0.1) is 10.2 Å². The van der Waals surface area contributed by atoms with Crippen molar-refractivity contribution in [1.29, 1.82) is 0 Å². The van der Waals surface area contributed by atoms with Gasteiger partial charge in [-0.15, -0.1) is 0 Å². The topological polar surface area (TPSA) is 45.9 Å². The first-order chi connectivity index (χ1) is 9.70. The number of amides is 1. The zero-order valence-corrected chi connectivity index (χ0v) is 11.9. The second-order valence-electron chi connectivity index (χ2n) is 4.59. The van der Waals surface area contributed by atoms with Crippen molar-refractivity contribution in [3.05, 3.63) is 54.4 Å². The maximum Gasteiger partial charge on any atom is 0.292 e. The van der Waals surface area contributed by atoms with Crippen LogP contribution in [0.5, 0.6) is 0 Å². The molecule has 0 aliphatic carbocycles. The summed E-state index contributed by atoms with van der Waals surface area (Å²) in [4.78, 5) is 16.4. The van der Waals surface area contributed by atoms with Crippen LogP contribution in [0.3, 0.4) is 0 Å². The number of anilines is 1. The van der Waals surface area contributed by atoms with E-state index in [0.29, 0.717) is 5.13 Å². The maximum absolute atomic E-state index is 12.0. The molecule has 0 aliphatic heterocycles. The highest BCUT2D eigenvalue weighted by Gasteiger charge is 2.12. The minimum absolute atomic E-state index is 0.0698. The fourth-order valence-corrected chi connectivity index (χ4v) is 2.88. The predicted octanol–water partition coefficient (Wildman–Crippen LogP) is 2.53. The van der Waals surface area contributed by atoms with Crippen LogP contribution in [0.4, 0.5) is 5.13 Å². The van der Waals surface area contributed by atoms with Gasteiger partial charge in [-0.05, 0) is 25.1 Å². The summed E-state index contributed by atoms with van der Waals surface area (Å²) in [5, 5.41) is 3.49. The summed E-state index contributed by atoms with van der Waals surface area (Å²) >= 11 is 1.49. The number of benzene rings is 1. The maximum atomic E-state index is 12.0. The van der Waals surface area contributed by atoms with E-state index in [1.165, 1.54) is 11.3 Å². The Balaban J connectivity index is 1.72. The number of hydrogen-bond donors (Lipinski definition) is 1. The SMILES string of the molecule is Cc1ccc[n+](CC(=O)Nc2nc3ccccc3s2)c1. The number of pyridine rings is 1. The number of aryl methyl sites for hydroxylation is 1. The molecule has 0 aliphatic rings. The van der Waals surface area contributed by atoms with Gasteiger partial charge in [0, 0.05) is 11.6 Å². The Bertz CT molecular complexity index is 733. The lowest BCUT2D eigenvalue weighted by atomic mass is 10.3. The van der Waals surface area contributed by atoms with Crippen molar-refractivity contribution in [2.45, 2.75) is 13.5 Å². The molecule has 0 bridgehead atoms. The Morgan fingerprint density at radius 1 is 1.30 bits per heavy atom. The molecule has 20 heavy (non-hydrogen) atoms. The number of nitrogens with zero attached hydrogens (tertiary/aromatic N) is 2. The minimum atomic E-state index is -0.0698. The molecule has 0 saturated carbocycles. The molecule has 2 heterocycles. The van der Waals surface area contributed by atoms with Gasteiger partial charge >= 0.3 is 0 Å². The lowest BCUT2D eigenvalue weighted by molar-refractivity contribution is -0.684. The molecule has 1 amide bonds. The van der Waals surface area contributed by atoms with E-state index in [-0.39, 0.29) is 12.5 Å². The Labute approximate surface area is 120 Å². The van der Waals surface area contributed by atoms with Gasteiger partial charge in [-0.2, -0.15) is 4.57 Å². The molecule has 1 N–H and O–H groups in total. The van der Waals surface area contributed by atoms with Gasteiger partial charge in [0.2, 0.25) is 6.54 Å². The normalized spacial score (nSPS) is 10.7. The number of para-hydroxylation sites is 1. The number of fused-ring (bicyclic) bond motifs is 1. The molecule has 5 heteroatoms. The van der Waals surface area contributed by atoms with Crippen LogP contribution in [0.25, 0.3) is 10.2 Å². The molecule has 0 atom stereocenters. The third kappa shape index (κ3) is 2.83. The largest absolute Gasteiger partial charge is 0.296 e. The van der Waals surface area contributed by atoms with Crippen LogP contribution < -0.4 is 9.88 Å². The quantitative estimate of drug-likeness (QED) is 0.751. The summed E-state index contributed by atoms with van der Waals surface area (Å²) in [6.07, 6.45) is 3.82. The summed E-state index contributed by atoms with van der Waals surface area (Å²) in [6, 6.07) is 11.8. The first kappa shape index (κ1) is 12.7. The zero-order chi connectivity index (χ0) is 13.9. The van der Waals surface area contributed by atoms with Crippen molar-refractivity contribution in [2.75, 3.05) is 5.32 Å². The van der Waals surface area contributed by atoms with Crippen LogP contribution in [-0.2, 0) is 11.3 Å². The minimum Gasteiger partial charge on any atom is -0.296 e. The second-order valence-corrected chi connectivity index (χ2v) is 5.62. The Morgan fingerprint density at radius 2 is 2.15 bits per heavy atom. The number of carbonyl (C=O) groups excluding carboxylic acids is 1. The highest BCUT2D eigenvalue weighted by Crippen LogP contribution is 2.25. The molecule has 0 radical (unpaired) electrons. The Hall–Kier alpha value is -2.27. The average molecular weight is 284 g/mol. The van der Waals surface area contributed by atoms with Crippen molar-refractivity contribution in [1.82, 2.24) is 4.98 Å². The third-order valence-electron chi connectivity index (χ3n) is 2.87. The van der Waals surface area contributed by atoms with Crippen LogP contribution in [0, 0.1) is 6.92 Å². The fourth-order valence-electron chi connectivity index (χ4n) is 2.00. The highest BCUT2D eigenvalue weighted by molar-refractivity contribution is 7.22. The molecule has 3 aromatic rings. The third-order valence-corrected chi connectivity index (χ3v) is 3.82. The van der Waals surface area contributed by atoms with Crippen molar-refractivity contribution < 1.29 is 9.36 Å². The van der Waals surface area contributed by atoms with Crippen LogP contribution in [0.15, 0.2) is 48.8 Å². The number of nitrogens with one attached hydrogen (secondary N) is 1. The molecule has 100 valence electrons. The van der Waals surface area contributed by atoms with Crippen molar-refractivity contribution >= 4 is 32.6 Å². The number of aromatic nitrogens is 2. The van der Waals surface area contributed by atoms with Crippen molar-refractivity contribution in [3.8, 4) is 0 Å². The monoisotopic (exact) mass is 284 g/mol. The van der Waals surface area contributed by atoms with Crippen LogP contribution in [-0.4, -0.2) is 10.9 Å². The van der Waals surface area contributed by atoms with E-state index in [4.69, 9.17) is 0 Å². The zero-order valence-electron chi connectivity index (χ0n) is 11.0. The van der Waals surface area contributed by atoms with E-state index in [9.17, 15) is 4.79 Å². The molecule has 4 nitrogen and oxygen atoms in total. The molecule has 0 unspecified atom stereocenters. The van der Waals surface area contributed by atoms with E-state index in [1.807, 2.05) is 60.3 Å². The number of rotatable bonds is 3. The number of thiazole rings is 1. The van der Waals surface area contributed by atoms with Gasteiger partial charge in [-0.3, -0.25) is 10.1 Å². The average Bonchev–Trinajstić information content (AvgIpc) is 2.80. The summed E-state index contributed by atoms with van der Waals surface area (Å²) in [6.45, 7) is 2.29. The summed E-state index contributed by atoms with van der Waals surface area (Å²) in [5.74, 6) is -0.0698. The summed E-state index contributed by atoms with van der Waals surface area (Å²) < 4.78 is 2.93. The van der Waals surface area contributed by atoms with Crippen molar-refractivity contribution in [3.63, 3.8) is 0 Å². The summed E-state index contributed by atoms with van der Waals surface area (Å²) in [5.41, 5.74) is 2.04. The fraction of sp³-hybridized carbons (Fsp3) is 0.133. The highest BCUT2D eigenvalue weighted by atomic mass is 32.1. The van der Waals surface area contributed by atoms with Gasteiger partial charge in [0.25, 0.3) is 5.91 Å². The van der Waals surface area contributed by atoms with E-state index in [2.05, 4.69) is 10.3 Å². The van der Waals surface area contributed by atoms with Crippen LogP contribution in [0.2, 0.25) is 0 Å². The molecule has 0 spiro atoms. The molecule has 1 aromatic carbocycles. The van der Waals surface area contributed by atoms with Gasteiger partial charge in [-0.1, -0.05) is 23.5 Å². The van der Waals surface area contributed by atoms with E-state index < -0.39 is 0 Å². The molecule has 0 fully saturated rings. The summed E-state index contributed by atoms with van der Waals surface area (Å²) in [7, 11) is 0. The molecule has 3 rings (SSSR count). The lowest BCUT2D eigenvalue weighted by Crippen LogP contribution is -2.39. The van der Waals surface area contributed by atoms with E-state index in [0.717, 1.165) is 15.8 Å². The van der Waals surface area contributed by atoms with Gasteiger partial charge in [0.15, 0.2) is 17.5 Å². The van der Waals surface area contributed by atoms with Crippen LogP contribution in [0.1, 0.15) is 5.56 Å². The molecule has 0 saturated heterocycles. The standard InChI is InChI=1S/C15H13N3OS/c1-11-5-4-8-18(9-11)10-14(19)17-15-16-12-6-2-3-7-13(12)20-15/h2-9H,10H2,1H3/p+1. The molecular weight excluding hydrogens is 270 g/mol. The van der Waals surface area contributed by atoms with Gasteiger partial charge in [0.1, 0.15) is 0 Å². The van der Waals surface area contributed by atoms with E-state index >= 15 is 0 Å². The van der Waals surface area contributed by atoms with E-state index in [1.54, 1.807) is 0 Å². The number of hydrogen-bond acceptors (Lipinski definition) is 3.